The normalized spacial score (nSPS) is 20.5. The van der Waals surface area contributed by atoms with Crippen molar-refractivity contribution in [3.63, 3.8) is 0 Å². The molecule has 0 atom stereocenters. The zero-order valence-corrected chi connectivity index (χ0v) is 16.7. The third-order valence-corrected chi connectivity index (χ3v) is 6.46. The van der Waals surface area contributed by atoms with E-state index in [2.05, 4.69) is 87.2 Å². The Morgan fingerprint density at radius 3 is 1.73 bits per heavy atom. The van der Waals surface area contributed by atoms with Gasteiger partial charge in [0.15, 0.2) is 0 Å². The molecule has 0 amide bonds. The highest BCUT2D eigenvalue weighted by molar-refractivity contribution is 6.01. The van der Waals surface area contributed by atoms with Crippen LogP contribution in [0.3, 0.4) is 0 Å². The van der Waals surface area contributed by atoms with Crippen molar-refractivity contribution in [2.24, 2.45) is 0 Å². The summed E-state index contributed by atoms with van der Waals surface area (Å²) in [5, 5.41) is 0. The van der Waals surface area contributed by atoms with Gasteiger partial charge in [-0.25, -0.2) is 0 Å². The monoisotopic (exact) mass is 345 g/mol. The van der Waals surface area contributed by atoms with Crippen LogP contribution in [0.5, 0.6) is 0 Å². The van der Waals surface area contributed by atoms with Crippen molar-refractivity contribution >= 4 is 5.57 Å². The summed E-state index contributed by atoms with van der Waals surface area (Å²) in [4.78, 5) is 2.74. The van der Waals surface area contributed by atoms with Crippen LogP contribution in [-0.4, -0.2) is 22.5 Å². The average molecular weight is 346 g/mol. The van der Waals surface area contributed by atoms with Gasteiger partial charge in [0.1, 0.15) is 0 Å². The zero-order chi connectivity index (χ0) is 18.4. The minimum atomic E-state index is 0.297. The third kappa shape index (κ3) is 2.93. The molecule has 0 unspecified atom stereocenters. The summed E-state index contributed by atoms with van der Waals surface area (Å²) >= 11 is 0. The van der Waals surface area contributed by atoms with Gasteiger partial charge < -0.3 is 0 Å². The first-order valence-corrected chi connectivity index (χ1v) is 10.1. The van der Waals surface area contributed by atoms with Crippen molar-refractivity contribution in [2.75, 3.05) is 6.54 Å². The Morgan fingerprint density at radius 1 is 0.769 bits per heavy atom. The maximum atomic E-state index is 2.74. The fourth-order valence-electron chi connectivity index (χ4n) is 5.26. The van der Waals surface area contributed by atoms with Gasteiger partial charge in [-0.2, -0.15) is 0 Å². The van der Waals surface area contributed by atoms with Gasteiger partial charge in [-0.15, -0.1) is 0 Å². The lowest BCUT2D eigenvalue weighted by molar-refractivity contribution is -0.0249. The molecule has 0 saturated carbocycles. The van der Waals surface area contributed by atoms with Gasteiger partial charge in [-0.05, 0) is 81.2 Å². The SMILES string of the molecule is CC1(C)CCCC(C)(C)N1CCC=C1c2ccccc2-c2ccccc21. The number of rotatable bonds is 3. The molecule has 0 N–H and O–H groups in total. The Bertz CT molecular complexity index is 777. The van der Waals surface area contributed by atoms with E-state index in [0.717, 1.165) is 13.0 Å². The van der Waals surface area contributed by atoms with Gasteiger partial charge in [-0.3, -0.25) is 4.90 Å². The first-order valence-electron chi connectivity index (χ1n) is 10.1. The molecule has 1 aliphatic heterocycles. The van der Waals surface area contributed by atoms with Crippen LogP contribution in [-0.2, 0) is 0 Å². The predicted octanol–water partition coefficient (Wildman–Crippen LogP) is 6.53. The smallest absolute Gasteiger partial charge is 0.0158 e. The standard InChI is InChI=1S/C25H31N/c1-24(2)16-10-17-25(3,4)26(24)18-9-15-23-21-13-7-5-11-19(21)20-12-6-8-14-22(20)23/h5-8,11-15H,9-10,16-18H2,1-4H3. The van der Waals surface area contributed by atoms with E-state index in [-0.39, 0.29) is 0 Å². The second-order valence-electron chi connectivity index (χ2n) is 9.13. The molecule has 1 heterocycles. The first-order chi connectivity index (χ1) is 12.4. The highest BCUT2D eigenvalue weighted by Crippen LogP contribution is 2.44. The van der Waals surface area contributed by atoms with E-state index in [0.29, 0.717) is 11.1 Å². The van der Waals surface area contributed by atoms with Gasteiger partial charge in [0, 0.05) is 17.6 Å². The van der Waals surface area contributed by atoms with E-state index in [9.17, 15) is 0 Å². The summed E-state index contributed by atoms with van der Waals surface area (Å²) < 4.78 is 0. The molecular formula is C25H31N. The quantitative estimate of drug-likeness (QED) is 0.521. The second-order valence-corrected chi connectivity index (χ2v) is 9.13. The molecule has 2 aliphatic rings. The summed E-state index contributed by atoms with van der Waals surface area (Å²) in [6.07, 6.45) is 7.53. The highest BCUT2D eigenvalue weighted by atomic mass is 15.3. The Hall–Kier alpha value is -1.86. The van der Waals surface area contributed by atoms with Gasteiger partial charge in [0.05, 0.1) is 0 Å². The lowest BCUT2D eigenvalue weighted by Crippen LogP contribution is -2.58. The van der Waals surface area contributed by atoms with Crippen LogP contribution in [0.4, 0.5) is 0 Å². The Balaban J connectivity index is 1.61. The molecule has 136 valence electrons. The van der Waals surface area contributed by atoms with E-state index < -0.39 is 0 Å². The van der Waals surface area contributed by atoms with E-state index in [1.165, 1.54) is 47.1 Å². The molecule has 1 fully saturated rings. The van der Waals surface area contributed by atoms with E-state index in [1.54, 1.807) is 0 Å². The second kappa shape index (κ2) is 6.39. The molecule has 26 heavy (non-hydrogen) atoms. The summed E-state index contributed by atoms with van der Waals surface area (Å²) in [7, 11) is 0. The van der Waals surface area contributed by atoms with Crippen molar-refractivity contribution in [3.8, 4) is 11.1 Å². The molecule has 0 radical (unpaired) electrons. The first kappa shape index (κ1) is 17.5. The number of piperidine rings is 1. The van der Waals surface area contributed by atoms with Gasteiger partial charge in [-0.1, -0.05) is 54.6 Å². The Kier molecular flexibility index (Phi) is 4.31. The molecule has 0 bridgehead atoms. The lowest BCUT2D eigenvalue weighted by Gasteiger charge is -2.53. The van der Waals surface area contributed by atoms with Crippen molar-refractivity contribution in [2.45, 2.75) is 64.5 Å². The largest absolute Gasteiger partial charge is 0.293 e. The summed E-state index contributed by atoms with van der Waals surface area (Å²) in [5.74, 6) is 0. The molecule has 2 aromatic carbocycles. The molecule has 4 rings (SSSR count). The summed E-state index contributed by atoms with van der Waals surface area (Å²) in [6, 6.07) is 17.7. The molecule has 1 saturated heterocycles. The number of fused-ring (bicyclic) bond motifs is 3. The fraction of sp³-hybridized carbons (Fsp3) is 0.440. The number of nitrogens with zero attached hydrogens (tertiary/aromatic N) is 1. The Labute approximate surface area is 158 Å². The topological polar surface area (TPSA) is 3.24 Å². The Morgan fingerprint density at radius 2 is 1.23 bits per heavy atom. The van der Waals surface area contributed by atoms with Crippen LogP contribution >= 0.6 is 0 Å². The highest BCUT2D eigenvalue weighted by Gasteiger charge is 2.40. The predicted molar refractivity (Wildman–Crippen MR) is 112 cm³/mol. The fourth-order valence-corrected chi connectivity index (χ4v) is 5.26. The molecule has 2 aromatic rings. The molecule has 1 heteroatoms. The molecule has 0 aromatic heterocycles. The summed E-state index contributed by atoms with van der Waals surface area (Å²) in [6.45, 7) is 10.8. The molecule has 1 nitrogen and oxygen atoms in total. The minimum Gasteiger partial charge on any atom is -0.293 e. The van der Waals surface area contributed by atoms with Crippen molar-refractivity contribution in [1.29, 1.82) is 0 Å². The number of benzene rings is 2. The van der Waals surface area contributed by atoms with Crippen LogP contribution < -0.4 is 0 Å². The lowest BCUT2D eigenvalue weighted by atomic mass is 9.79. The van der Waals surface area contributed by atoms with Crippen molar-refractivity contribution < 1.29 is 0 Å². The number of hydrogen-bond acceptors (Lipinski definition) is 1. The van der Waals surface area contributed by atoms with Crippen molar-refractivity contribution in [3.05, 3.63) is 65.7 Å². The maximum absolute atomic E-state index is 2.74. The molecule has 1 aliphatic carbocycles. The van der Waals surface area contributed by atoms with E-state index in [4.69, 9.17) is 0 Å². The number of likely N-dealkylation sites (tertiary alicyclic amines) is 1. The zero-order valence-electron chi connectivity index (χ0n) is 16.7. The van der Waals surface area contributed by atoms with Crippen LogP contribution in [0, 0.1) is 0 Å². The van der Waals surface area contributed by atoms with E-state index in [1.807, 2.05) is 0 Å². The van der Waals surface area contributed by atoms with Crippen LogP contribution in [0.15, 0.2) is 54.6 Å². The van der Waals surface area contributed by atoms with Crippen LogP contribution in [0.1, 0.15) is 64.5 Å². The number of hydrogen-bond donors (Lipinski definition) is 0. The maximum Gasteiger partial charge on any atom is 0.0158 e. The van der Waals surface area contributed by atoms with Gasteiger partial charge >= 0.3 is 0 Å². The van der Waals surface area contributed by atoms with Crippen LogP contribution in [0.2, 0.25) is 0 Å². The van der Waals surface area contributed by atoms with Crippen LogP contribution in [0.25, 0.3) is 16.7 Å². The summed E-state index contributed by atoms with van der Waals surface area (Å²) in [5.41, 5.74) is 7.57. The van der Waals surface area contributed by atoms with Gasteiger partial charge in [0.2, 0.25) is 0 Å². The minimum absolute atomic E-state index is 0.297. The molecular weight excluding hydrogens is 314 g/mol. The third-order valence-electron chi connectivity index (χ3n) is 6.46. The molecule has 0 spiro atoms. The van der Waals surface area contributed by atoms with Crippen molar-refractivity contribution in [1.82, 2.24) is 4.90 Å². The van der Waals surface area contributed by atoms with Gasteiger partial charge in [0.25, 0.3) is 0 Å². The van der Waals surface area contributed by atoms with E-state index >= 15 is 0 Å². The average Bonchev–Trinajstić information content (AvgIpc) is 2.91.